The number of nitrogens with one attached hydrogen (secondary N) is 1. The molecule has 2 amide bonds. The molecular formula is C22H31N5O5. The molecule has 0 spiro atoms. The molecule has 0 unspecified atom stereocenters. The Morgan fingerprint density at radius 1 is 1.22 bits per heavy atom. The van der Waals surface area contributed by atoms with Crippen molar-refractivity contribution in [1.82, 2.24) is 14.5 Å². The molecule has 32 heavy (non-hydrogen) atoms. The first-order chi connectivity index (χ1) is 15.4. The lowest BCUT2D eigenvalue weighted by atomic mass is 10.1. The van der Waals surface area contributed by atoms with E-state index in [2.05, 4.69) is 4.98 Å². The summed E-state index contributed by atoms with van der Waals surface area (Å²) < 4.78 is 6.65. The number of unbranched alkanes of at least 4 members (excludes halogenated alkanes) is 1. The van der Waals surface area contributed by atoms with Crippen molar-refractivity contribution in [2.45, 2.75) is 65.0 Å². The Morgan fingerprint density at radius 2 is 2.00 bits per heavy atom. The van der Waals surface area contributed by atoms with Crippen molar-refractivity contribution in [2.75, 3.05) is 23.7 Å². The minimum atomic E-state index is -0.751. The first-order valence-electron chi connectivity index (χ1n) is 11.2. The van der Waals surface area contributed by atoms with Gasteiger partial charge in [-0.2, -0.15) is 0 Å². The number of anilines is 2. The predicted octanol–water partition coefficient (Wildman–Crippen LogP) is 1.84. The van der Waals surface area contributed by atoms with Gasteiger partial charge in [-0.1, -0.05) is 26.2 Å². The van der Waals surface area contributed by atoms with Gasteiger partial charge in [-0.15, -0.1) is 0 Å². The highest BCUT2D eigenvalue weighted by Crippen LogP contribution is 2.21. The van der Waals surface area contributed by atoms with Gasteiger partial charge in [-0.25, -0.2) is 4.79 Å². The number of carbonyl (C=O) groups excluding carboxylic acids is 2. The van der Waals surface area contributed by atoms with Gasteiger partial charge in [0.1, 0.15) is 18.1 Å². The van der Waals surface area contributed by atoms with E-state index in [1.165, 1.54) is 20.6 Å². The lowest BCUT2D eigenvalue weighted by molar-refractivity contribution is -0.135. The molecule has 0 saturated carbocycles. The minimum absolute atomic E-state index is 0.0485. The van der Waals surface area contributed by atoms with Crippen LogP contribution in [0.1, 0.15) is 57.6 Å². The smallest absolute Gasteiger partial charge is 0.330 e. The topological polar surface area (TPSA) is 135 Å². The van der Waals surface area contributed by atoms with Crippen LogP contribution >= 0.6 is 0 Å². The van der Waals surface area contributed by atoms with E-state index in [4.69, 9.17) is 10.2 Å². The molecule has 2 aromatic heterocycles. The number of nitrogen functional groups attached to an aromatic ring is 1. The van der Waals surface area contributed by atoms with E-state index in [9.17, 15) is 19.2 Å². The van der Waals surface area contributed by atoms with Gasteiger partial charge in [0.2, 0.25) is 11.8 Å². The summed E-state index contributed by atoms with van der Waals surface area (Å²) in [4.78, 5) is 56.0. The van der Waals surface area contributed by atoms with Crippen LogP contribution in [0, 0.1) is 0 Å². The second-order valence-electron chi connectivity index (χ2n) is 8.04. The maximum atomic E-state index is 13.4. The second-order valence-corrected chi connectivity index (χ2v) is 8.04. The maximum absolute atomic E-state index is 13.4. The highest BCUT2D eigenvalue weighted by molar-refractivity contribution is 5.98. The fraction of sp³-hybridized carbons (Fsp3) is 0.545. The zero-order chi connectivity index (χ0) is 23.1. The number of rotatable bonds is 8. The average Bonchev–Trinajstić information content (AvgIpc) is 3.25. The lowest BCUT2D eigenvalue weighted by Crippen LogP contribution is -2.46. The first kappa shape index (κ1) is 23.4. The van der Waals surface area contributed by atoms with Gasteiger partial charge < -0.3 is 15.1 Å². The number of hydrogen-bond acceptors (Lipinski definition) is 6. The number of nitrogens with two attached hydrogens (primary N) is 1. The quantitative estimate of drug-likeness (QED) is 0.637. The van der Waals surface area contributed by atoms with Crippen LogP contribution in [-0.4, -0.2) is 39.4 Å². The van der Waals surface area contributed by atoms with E-state index >= 15 is 0 Å². The SMILES string of the molecule is CCCCn1c(N)c(N(Cc2ccco2)C(=O)CN2CCCCCCC2=O)c(=O)[nH]c1=O. The Bertz CT molecular complexity index is 1040. The molecule has 0 radical (unpaired) electrons. The Balaban J connectivity index is 1.97. The van der Waals surface area contributed by atoms with Crippen LogP contribution in [0.2, 0.25) is 0 Å². The van der Waals surface area contributed by atoms with Crippen LogP contribution in [-0.2, 0) is 22.7 Å². The van der Waals surface area contributed by atoms with E-state index in [0.717, 1.165) is 32.1 Å². The fourth-order valence-corrected chi connectivity index (χ4v) is 3.86. The van der Waals surface area contributed by atoms with Crippen molar-refractivity contribution in [3.63, 3.8) is 0 Å². The largest absolute Gasteiger partial charge is 0.467 e. The van der Waals surface area contributed by atoms with Crippen LogP contribution in [0.3, 0.4) is 0 Å². The monoisotopic (exact) mass is 445 g/mol. The third-order valence-electron chi connectivity index (χ3n) is 5.66. The zero-order valence-corrected chi connectivity index (χ0v) is 18.5. The Labute approximate surface area is 186 Å². The molecule has 1 aliphatic heterocycles. The van der Waals surface area contributed by atoms with Gasteiger partial charge in [-0.3, -0.25) is 28.8 Å². The highest BCUT2D eigenvalue weighted by atomic mass is 16.3. The number of nitrogens with zero attached hydrogens (tertiary/aromatic N) is 3. The second kappa shape index (κ2) is 10.8. The summed E-state index contributed by atoms with van der Waals surface area (Å²) in [7, 11) is 0. The lowest BCUT2D eigenvalue weighted by Gasteiger charge is -2.29. The standard InChI is InChI=1S/C22H31N5O5/c1-2-3-12-26-20(23)19(21(30)24-22(26)31)27(14-16-9-8-13-32-16)18(29)15-25-11-7-5-4-6-10-17(25)28/h8-9,13H,2-7,10-12,14-15,23H2,1H3,(H,24,30,31). The Morgan fingerprint density at radius 3 is 2.72 bits per heavy atom. The number of likely N-dealkylation sites (tertiary alicyclic amines) is 1. The normalized spacial score (nSPS) is 14.8. The van der Waals surface area contributed by atoms with E-state index in [1.807, 2.05) is 6.92 Å². The molecule has 0 bridgehead atoms. The van der Waals surface area contributed by atoms with Gasteiger partial charge >= 0.3 is 5.69 Å². The van der Waals surface area contributed by atoms with Crippen LogP contribution < -0.4 is 21.9 Å². The van der Waals surface area contributed by atoms with Crippen molar-refractivity contribution < 1.29 is 14.0 Å². The molecule has 3 N–H and O–H groups in total. The molecule has 10 nitrogen and oxygen atoms in total. The summed E-state index contributed by atoms with van der Waals surface area (Å²) >= 11 is 0. The van der Waals surface area contributed by atoms with Gasteiger partial charge in [0.25, 0.3) is 5.56 Å². The molecule has 1 fully saturated rings. The Hall–Kier alpha value is -3.30. The van der Waals surface area contributed by atoms with E-state index in [-0.39, 0.29) is 30.5 Å². The summed E-state index contributed by atoms with van der Waals surface area (Å²) in [5, 5.41) is 0. The van der Waals surface area contributed by atoms with Crippen molar-refractivity contribution >= 4 is 23.3 Å². The number of H-pyrrole nitrogens is 1. The van der Waals surface area contributed by atoms with Crippen LogP contribution in [0.4, 0.5) is 11.5 Å². The number of aromatic nitrogens is 2. The van der Waals surface area contributed by atoms with Gasteiger partial charge in [0.05, 0.1) is 12.8 Å². The molecule has 1 saturated heterocycles. The zero-order valence-electron chi connectivity index (χ0n) is 18.5. The first-order valence-corrected chi connectivity index (χ1v) is 11.2. The van der Waals surface area contributed by atoms with Crippen LogP contribution in [0.25, 0.3) is 0 Å². The number of carbonyl (C=O) groups is 2. The summed E-state index contributed by atoms with van der Waals surface area (Å²) in [6.45, 7) is 2.56. The molecule has 10 heteroatoms. The van der Waals surface area contributed by atoms with E-state index in [0.29, 0.717) is 31.7 Å². The molecule has 0 atom stereocenters. The van der Waals surface area contributed by atoms with Crippen molar-refractivity contribution in [2.24, 2.45) is 0 Å². The average molecular weight is 446 g/mol. The van der Waals surface area contributed by atoms with Gasteiger partial charge in [0.15, 0.2) is 5.69 Å². The third kappa shape index (κ3) is 5.49. The van der Waals surface area contributed by atoms with E-state index in [1.54, 1.807) is 12.1 Å². The highest BCUT2D eigenvalue weighted by Gasteiger charge is 2.28. The van der Waals surface area contributed by atoms with Crippen molar-refractivity contribution in [3.8, 4) is 0 Å². The molecular weight excluding hydrogens is 414 g/mol. The molecule has 0 aliphatic carbocycles. The molecule has 3 heterocycles. The summed E-state index contributed by atoms with van der Waals surface area (Å²) in [6, 6.07) is 3.36. The van der Waals surface area contributed by atoms with Crippen LogP contribution in [0.5, 0.6) is 0 Å². The molecule has 0 aromatic carbocycles. The number of hydrogen-bond donors (Lipinski definition) is 2. The molecule has 3 rings (SSSR count). The Kier molecular flexibility index (Phi) is 7.91. The van der Waals surface area contributed by atoms with Gasteiger partial charge in [-0.05, 0) is 31.4 Å². The maximum Gasteiger partial charge on any atom is 0.330 e. The summed E-state index contributed by atoms with van der Waals surface area (Å²) in [6.07, 6.45) is 7.00. The number of aromatic amines is 1. The van der Waals surface area contributed by atoms with E-state index < -0.39 is 17.2 Å². The fourth-order valence-electron chi connectivity index (χ4n) is 3.86. The van der Waals surface area contributed by atoms with Gasteiger partial charge in [0, 0.05) is 19.5 Å². The third-order valence-corrected chi connectivity index (χ3v) is 5.66. The predicted molar refractivity (Wildman–Crippen MR) is 120 cm³/mol. The summed E-state index contributed by atoms with van der Waals surface area (Å²) in [5.74, 6) is -0.174. The summed E-state index contributed by atoms with van der Waals surface area (Å²) in [5.41, 5.74) is 4.76. The molecule has 1 aliphatic rings. The van der Waals surface area contributed by atoms with Crippen molar-refractivity contribution in [3.05, 3.63) is 45.0 Å². The molecule has 174 valence electrons. The number of amides is 2. The molecule has 2 aromatic rings. The van der Waals surface area contributed by atoms with Crippen LogP contribution in [0.15, 0.2) is 32.4 Å². The number of furan rings is 1. The van der Waals surface area contributed by atoms with Crippen molar-refractivity contribution in [1.29, 1.82) is 0 Å². The minimum Gasteiger partial charge on any atom is -0.467 e.